The second-order valence-corrected chi connectivity index (χ2v) is 11.2. The van der Waals surface area contributed by atoms with Crippen LogP contribution in [-0.4, -0.2) is 0 Å². The van der Waals surface area contributed by atoms with Gasteiger partial charge in [0.15, 0.2) is 0 Å². The zero-order valence-corrected chi connectivity index (χ0v) is 20.1. The zero-order valence-electron chi connectivity index (χ0n) is 20.1. The Hall–Kier alpha value is -0.780. The Labute approximate surface area is 182 Å². The molecule has 0 radical (unpaired) electrons. The van der Waals surface area contributed by atoms with Gasteiger partial charge in [0.1, 0.15) is 0 Å². The topological polar surface area (TPSA) is 0 Å². The second kappa shape index (κ2) is 11.0. The first-order valence-electron chi connectivity index (χ1n) is 13.1. The fourth-order valence-corrected chi connectivity index (χ4v) is 6.78. The molecule has 0 nitrogen and oxygen atoms in total. The van der Waals surface area contributed by atoms with Gasteiger partial charge >= 0.3 is 0 Å². The lowest BCUT2D eigenvalue weighted by atomic mass is 9.79. The van der Waals surface area contributed by atoms with Crippen LogP contribution in [0.5, 0.6) is 0 Å². The lowest BCUT2D eigenvalue weighted by Crippen LogP contribution is -2.14. The molecule has 4 unspecified atom stereocenters. The van der Waals surface area contributed by atoms with E-state index in [1.807, 2.05) is 0 Å². The Morgan fingerprint density at radius 3 is 2.17 bits per heavy atom. The Morgan fingerprint density at radius 1 is 0.897 bits per heavy atom. The highest BCUT2D eigenvalue weighted by atomic mass is 14.4. The molecule has 2 saturated carbocycles. The van der Waals surface area contributed by atoms with Crippen molar-refractivity contribution in [3.05, 3.63) is 35.4 Å². The molecule has 5 atom stereocenters. The molecule has 0 amide bonds. The molecule has 164 valence electrons. The van der Waals surface area contributed by atoms with Crippen LogP contribution in [0.3, 0.4) is 0 Å². The van der Waals surface area contributed by atoms with E-state index in [9.17, 15) is 0 Å². The fourth-order valence-electron chi connectivity index (χ4n) is 6.78. The van der Waals surface area contributed by atoms with Crippen LogP contribution in [0, 0.1) is 35.5 Å². The summed E-state index contributed by atoms with van der Waals surface area (Å²) in [6, 6.07) is 9.78. The Bertz CT molecular complexity index is 577. The van der Waals surface area contributed by atoms with Crippen LogP contribution < -0.4 is 0 Å². The lowest BCUT2D eigenvalue weighted by Gasteiger charge is -2.26. The van der Waals surface area contributed by atoms with E-state index in [1.54, 1.807) is 11.1 Å². The van der Waals surface area contributed by atoms with E-state index in [0.717, 1.165) is 41.4 Å². The van der Waals surface area contributed by atoms with Gasteiger partial charge in [-0.15, -0.1) is 0 Å². The SMILES string of the molecule is CCC[C@@H]1CC(C(C)CC(C)Cc2ccc(C3CCC(C)CC3)cc2)CC1CC. The maximum absolute atomic E-state index is 2.55. The number of hydrogen-bond acceptors (Lipinski definition) is 0. The van der Waals surface area contributed by atoms with Crippen LogP contribution in [0.15, 0.2) is 24.3 Å². The van der Waals surface area contributed by atoms with Crippen LogP contribution in [0.1, 0.15) is 116 Å². The molecule has 0 saturated heterocycles. The van der Waals surface area contributed by atoms with Crippen LogP contribution in [-0.2, 0) is 6.42 Å². The Morgan fingerprint density at radius 2 is 1.55 bits per heavy atom. The predicted molar refractivity (Wildman–Crippen MR) is 128 cm³/mol. The third-order valence-corrected chi connectivity index (χ3v) is 8.69. The van der Waals surface area contributed by atoms with Gasteiger partial charge in [-0.05, 0) is 91.1 Å². The molecule has 2 aliphatic rings. The maximum Gasteiger partial charge on any atom is -0.0162 e. The van der Waals surface area contributed by atoms with Crippen molar-refractivity contribution in [2.75, 3.05) is 0 Å². The van der Waals surface area contributed by atoms with Crippen LogP contribution in [0.4, 0.5) is 0 Å². The van der Waals surface area contributed by atoms with Crippen LogP contribution in [0.25, 0.3) is 0 Å². The predicted octanol–water partition coefficient (Wildman–Crippen LogP) is 9.04. The molecule has 3 rings (SSSR count). The number of benzene rings is 1. The van der Waals surface area contributed by atoms with E-state index >= 15 is 0 Å². The highest BCUT2D eigenvalue weighted by molar-refractivity contribution is 5.26. The van der Waals surface area contributed by atoms with Crippen molar-refractivity contribution in [3.63, 3.8) is 0 Å². The van der Waals surface area contributed by atoms with Gasteiger partial charge in [0.2, 0.25) is 0 Å². The lowest BCUT2D eigenvalue weighted by molar-refractivity contribution is 0.288. The van der Waals surface area contributed by atoms with E-state index in [4.69, 9.17) is 0 Å². The van der Waals surface area contributed by atoms with Gasteiger partial charge in [-0.25, -0.2) is 0 Å². The molecule has 2 aliphatic carbocycles. The summed E-state index contributed by atoms with van der Waals surface area (Å²) in [6.07, 6.45) is 15.5. The molecule has 1 aromatic carbocycles. The van der Waals surface area contributed by atoms with Crippen molar-refractivity contribution in [2.24, 2.45) is 35.5 Å². The fraction of sp³-hybridized carbons (Fsp3) is 0.793. The molecule has 0 aliphatic heterocycles. The Balaban J connectivity index is 1.47. The summed E-state index contributed by atoms with van der Waals surface area (Å²) in [4.78, 5) is 0. The quantitative estimate of drug-likeness (QED) is 0.390. The van der Waals surface area contributed by atoms with Gasteiger partial charge in [0.25, 0.3) is 0 Å². The molecule has 29 heavy (non-hydrogen) atoms. The van der Waals surface area contributed by atoms with Gasteiger partial charge in [0, 0.05) is 0 Å². The Kier molecular flexibility index (Phi) is 8.70. The molecule has 0 aromatic heterocycles. The number of hydrogen-bond donors (Lipinski definition) is 0. The summed E-state index contributed by atoms with van der Waals surface area (Å²) in [6.45, 7) is 12.2. The van der Waals surface area contributed by atoms with Crippen molar-refractivity contribution in [1.82, 2.24) is 0 Å². The summed E-state index contributed by atoms with van der Waals surface area (Å²) in [5.74, 6) is 6.47. The minimum absolute atomic E-state index is 0.802. The molecule has 2 fully saturated rings. The van der Waals surface area contributed by atoms with Crippen molar-refractivity contribution in [1.29, 1.82) is 0 Å². The van der Waals surface area contributed by atoms with Crippen LogP contribution in [0.2, 0.25) is 0 Å². The molecule has 0 N–H and O–H groups in total. The van der Waals surface area contributed by atoms with Gasteiger partial charge in [0.05, 0.1) is 0 Å². The minimum atomic E-state index is 0.802. The zero-order chi connectivity index (χ0) is 20.8. The van der Waals surface area contributed by atoms with E-state index in [0.29, 0.717) is 0 Å². The van der Waals surface area contributed by atoms with Gasteiger partial charge in [-0.3, -0.25) is 0 Å². The normalized spacial score (nSPS) is 32.2. The molecule has 1 aromatic rings. The third-order valence-electron chi connectivity index (χ3n) is 8.69. The molecule has 0 heteroatoms. The first-order chi connectivity index (χ1) is 14.0. The minimum Gasteiger partial charge on any atom is -0.0654 e. The second-order valence-electron chi connectivity index (χ2n) is 11.2. The smallest absolute Gasteiger partial charge is 0.0162 e. The summed E-state index contributed by atoms with van der Waals surface area (Å²) in [5, 5.41) is 0. The van der Waals surface area contributed by atoms with Crippen LogP contribution >= 0.6 is 0 Å². The van der Waals surface area contributed by atoms with E-state index in [1.165, 1.54) is 70.6 Å². The molecular formula is C29H48. The van der Waals surface area contributed by atoms with Crippen molar-refractivity contribution >= 4 is 0 Å². The van der Waals surface area contributed by atoms with E-state index in [-0.39, 0.29) is 0 Å². The first-order valence-corrected chi connectivity index (χ1v) is 13.1. The van der Waals surface area contributed by atoms with Gasteiger partial charge in [-0.1, -0.05) is 91.0 Å². The summed E-state index contributed by atoms with van der Waals surface area (Å²) < 4.78 is 0. The van der Waals surface area contributed by atoms with Crippen molar-refractivity contribution in [2.45, 2.75) is 111 Å². The highest BCUT2D eigenvalue weighted by Crippen LogP contribution is 2.45. The van der Waals surface area contributed by atoms with E-state index in [2.05, 4.69) is 58.9 Å². The van der Waals surface area contributed by atoms with Crippen molar-refractivity contribution in [3.8, 4) is 0 Å². The van der Waals surface area contributed by atoms with Gasteiger partial charge in [-0.2, -0.15) is 0 Å². The molecule has 0 spiro atoms. The standard InChI is InChI=1S/C29H48/c1-6-8-28-20-29(19-25(28)7-2)23(5)17-22(4)18-24-11-15-27(16-12-24)26-13-9-21(3)10-14-26/h11-12,15-16,21-23,25-26,28-29H,6-10,13-14,17-20H2,1-5H3/t21?,22?,23?,25?,26?,28-,29?/m1/s1. The highest BCUT2D eigenvalue weighted by Gasteiger charge is 2.35. The molecular weight excluding hydrogens is 348 g/mol. The summed E-state index contributed by atoms with van der Waals surface area (Å²) in [5.41, 5.74) is 3.15. The largest absolute Gasteiger partial charge is 0.0654 e. The monoisotopic (exact) mass is 396 g/mol. The average Bonchev–Trinajstić information content (AvgIpc) is 3.13. The third kappa shape index (κ3) is 6.35. The molecule has 0 heterocycles. The molecule has 0 bridgehead atoms. The average molecular weight is 397 g/mol. The summed E-state index contributed by atoms with van der Waals surface area (Å²) >= 11 is 0. The maximum atomic E-state index is 2.55. The summed E-state index contributed by atoms with van der Waals surface area (Å²) in [7, 11) is 0. The van der Waals surface area contributed by atoms with Crippen molar-refractivity contribution < 1.29 is 0 Å². The number of rotatable bonds is 9. The van der Waals surface area contributed by atoms with Gasteiger partial charge < -0.3 is 0 Å². The van der Waals surface area contributed by atoms with E-state index < -0.39 is 0 Å². The first kappa shape index (κ1) is 22.9.